The molecule has 0 aliphatic carbocycles. The minimum Gasteiger partial charge on any atom is -0.363 e. The summed E-state index contributed by atoms with van der Waals surface area (Å²) in [7, 11) is 0. The lowest BCUT2D eigenvalue weighted by Gasteiger charge is -2.21. The maximum absolute atomic E-state index is 13.8. The van der Waals surface area contributed by atoms with E-state index in [4.69, 9.17) is 0 Å². The monoisotopic (exact) mass is 428 g/mol. The van der Waals surface area contributed by atoms with Crippen LogP contribution >= 0.6 is 15.9 Å². The smallest absolute Gasteiger partial charge is 0.219 e. The molecule has 2 heterocycles. The minimum absolute atomic E-state index is 0.0118. The number of hydrogen-bond donors (Lipinski definition) is 1. The van der Waals surface area contributed by atoms with E-state index < -0.39 is 0 Å². The van der Waals surface area contributed by atoms with E-state index in [2.05, 4.69) is 31.2 Å². The predicted octanol–water partition coefficient (Wildman–Crippen LogP) is 4.44. The van der Waals surface area contributed by atoms with Gasteiger partial charge in [0.2, 0.25) is 5.91 Å². The molecule has 1 N–H and O–H groups in total. The zero-order valence-corrected chi connectivity index (χ0v) is 16.3. The third-order valence-corrected chi connectivity index (χ3v) is 5.38. The number of hydrogen-bond acceptors (Lipinski definition) is 4. The Morgan fingerprint density at radius 2 is 2.11 bits per heavy atom. The predicted molar refractivity (Wildman–Crippen MR) is 106 cm³/mol. The van der Waals surface area contributed by atoms with Crippen LogP contribution in [0.25, 0.3) is 10.9 Å². The van der Waals surface area contributed by atoms with Gasteiger partial charge in [0.25, 0.3) is 0 Å². The van der Waals surface area contributed by atoms with Crippen molar-refractivity contribution in [1.29, 1.82) is 0 Å². The highest BCUT2D eigenvalue weighted by molar-refractivity contribution is 9.10. The molecule has 0 saturated heterocycles. The van der Waals surface area contributed by atoms with Gasteiger partial charge in [-0.2, -0.15) is 0 Å². The van der Waals surface area contributed by atoms with E-state index >= 15 is 0 Å². The molecule has 1 aliphatic heterocycles. The SMILES string of the molecule is CC(=O)N1CCC(Nc2ncnc3ccc(Br)cc23)c2ccc(F)cc2C1. The molecule has 0 spiro atoms. The van der Waals surface area contributed by atoms with Gasteiger partial charge in [0.1, 0.15) is 18.0 Å². The molecule has 0 saturated carbocycles. The third kappa shape index (κ3) is 3.64. The first-order valence-electron chi connectivity index (χ1n) is 8.72. The van der Waals surface area contributed by atoms with Crippen LogP contribution in [0.3, 0.4) is 0 Å². The summed E-state index contributed by atoms with van der Waals surface area (Å²) in [5, 5.41) is 4.40. The molecule has 4 rings (SSSR count). The number of nitrogens with one attached hydrogen (secondary N) is 1. The van der Waals surface area contributed by atoms with Crippen LogP contribution in [0.4, 0.5) is 10.2 Å². The largest absolute Gasteiger partial charge is 0.363 e. The molecular formula is C20H18BrFN4O. The van der Waals surface area contributed by atoms with Crippen molar-refractivity contribution in [2.75, 3.05) is 11.9 Å². The first-order valence-corrected chi connectivity index (χ1v) is 9.51. The quantitative estimate of drug-likeness (QED) is 0.655. The topological polar surface area (TPSA) is 58.1 Å². The van der Waals surface area contributed by atoms with Crippen LogP contribution in [-0.4, -0.2) is 27.3 Å². The Bertz CT molecular complexity index is 1030. The van der Waals surface area contributed by atoms with Crippen LogP contribution in [0.5, 0.6) is 0 Å². The highest BCUT2D eigenvalue weighted by Crippen LogP contribution is 2.32. The number of rotatable bonds is 2. The van der Waals surface area contributed by atoms with E-state index in [1.165, 1.54) is 18.5 Å². The van der Waals surface area contributed by atoms with Crippen molar-refractivity contribution in [3.8, 4) is 0 Å². The Morgan fingerprint density at radius 3 is 2.93 bits per heavy atom. The van der Waals surface area contributed by atoms with Crippen LogP contribution in [-0.2, 0) is 11.3 Å². The van der Waals surface area contributed by atoms with Gasteiger partial charge in [0.05, 0.1) is 11.6 Å². The molecule has 1 atom stereocenters. The highest BCUT2D eigenvalue weighted by Gasteiger charge is 2.24. The molecule has 1 amide bonds. The van der Waals surface area contributed by atoms with E-state index in [1.807, 2.05) is 18.2 Å². The van der Waals surface area contributed by atoms with Gasteiger partial charge in [-0.3, -0.25) is 4.79 Å². The number of amides is 1. The maximum Gasteiger partial charge on any atom is 0.219 e. The molecular weight excluding hydrogens is 411 g/mol. The average Bonchev–Trinajstić information content (AvgIpc) is 2.81. The number of anilines is 1. The van der Waals surface area contributed by atoms with Crippen molar-refractivity contribution in [2.24, 2.45) is 0 Å². The summed E-state index contributed by atoms with van der Waals surface area (Å²) in [6, 6.07) is 10.5. The molecule has 5 nitrogen and oxygen atoms in total. The minimum atomic E-state index is -0.297. The van der Waals surface area contributed by atoms with Gasteiger partial charge >= 0.3 is 0 Å². The van der Waals surface area contributed by atoms with Crippen LogP contribution in [0.15, 0.2) is 47.2 Å². The van der Waals surface area contributed by atoms with E-state index in [-0.39, 0.29) is 17.8 Å². The number of aromatic nitrogens is 2. The molecule has 0 bridgehead atoms. The van der Waals surface area contributed by atoms with Crippen molar-refractivity contribution >= 4 is 38.6 Å². The molecule has 27 heavy (non-hydrogen) atoms. The van der Waals surface area contributed by atoms with Gasteiger partial charge in [-0.25, -0.2) is 14.4 Å². The lowest BCUT2D eigenvalue weighted by molar-refractivity contribution is -0.129. The van der Waals surface area contributed by atoms with E-state index in [9.17, 15) is 9.18 Å². The molecule has 2 aromatic carbocycles. The second kappa shape index (κ2) is 7.23. The van der Waals surface area contributed by atoms with Crippen molar-refractivity contribution < 1.29 is 9.18 Å². The summed E-state index contributed by atoms with van der Waals surface area (Å²) in [5.41, 5.74) is 2.65. The fourth-order valence-corrected chi connectivity index (χ4v) is 3.87. The van der Waals surface area contributed by atoms with Crippen LogP contribution in [0, 0.1) is 5.82 Å². The summed E-state index contributed by atoms with van der Waals surface area (Å²) in [4.78, 5) is 22.4. The Morgan fingerprint density at radius 1 is 1.26 bits per heavy atom. The Hall–Kier alpha value is -2.54. The molecule has 138 valence electrons. The molecule has 0 radical (unpaired) electrons. The summed E-state index contributed by atoms with van der Waals surface area (Å²) in [6.45, 7) is 2.55. The second-order valence-electron chi connectivity index (χ2n) is 6.65. The fourth-order valence-electron chi connectivity index (χ4n) is 3.50. The Balaban J connectivity index is 1.74. The van der Waals surface area contributed by atoms with Crippen LogP contribution in [0.2, 0.25) is 0 Å². The van der Waals surface area contributed by atoms with E-state index in [0.717, 1.165) is 32.3 Å². The Kier molecular flexibility index (Phi) is 4.78. The van der Waals surface area contributed by atoms with Crippen molar-refractivity contribution in [2.45, 2.75) is 25.9 Å². The molecule has 3 aromatic rings. The number of fused-ring (bicyclic) bond motifs is 2. The summed E-state index contributed by atoms with van der Waals surface area (Å²) < 4.78 is 14.8. The van der Waals surface area contributed by atoms with Gasteiger partial charge in [-0.15, -0.1) is 0 Å². The first-order chi connectivity index (χ1) is 13.0. The number of carbonyl (C=O) groups is 1. The molecule has 0 fully saturated rings. The summed E-state index contributed by atoms with van der Waals surface area (Å²) in [6.07, 6.45) is 2.24. The molecule has 1 aliphatic rings. The highest BCUT2D eigenvalue weighted by atomic mass is 79.9. The maximum atomic E-state index is 13.8. The summed E-state index contributed by atoms with van der Waals surface area (Å²) in [5.74, 6) is 0.412. The van der Waals surface area contributed by atoms with Crippen LogP contribution in [0.1, 0.15) is 30.5 Å². The lowest BCUT2D eigenvalue weighted by atomic mass is 9.99. The van der Waals surface area contributed by atoms with Gasteiger partial charge in [0, 0.05) is 29.9 Å². The number of nitrogens with zero attached hydrogens (tertiary/aromatic N) is 3. The molecule has 7 heteroatoms. The van der Waals surface area contributed by atoms with Crippen LogP contribution < -0.4 is 5.32 Å². The Labute approximate surface area is 164 Å². The van der Waals surface area contributed by atoms with Gasteiger partial charge in [-0.05, 0) is 47.9 Å². The average molecular weight is 429 g/mol. The molecule has 1 aromatic heterocycles. The zero-order valence-electron chi connectivity index (χ0n) is 14.7. The standard InChI is InChI=1S/C20H18BrFN4O/c1-12(27)26-7-6-19(16-4-3-15(22)8-13(16)10-26)25-20-17-9-14(21)2-5-18(17)23-11-24-20/h2-5,8-9,11,19H,6-7,10H2,1H3,(H,23,24,25). The van der Waals surface area contributed by atoms with Gasteiger partial charge in [-0.1, -0.05) is 22.0 Å². The van der Waals surface area contributed by atoms with Gasteiger partial charge < -0.3 is 10.2 Å². The summed E-state index contributed by atoms with van der Waals surface area (Å²) >= 11 is 3.49. The fraction of sp³-hybridized carbons (Fsp3) is 0.250. The molecule has 1 unspecified atom stereocenters. The van der Waals surface area contributed by atoms with Crippen molar-refractivity contribution in [1.82, 2.24) is 14.9 Å². The van der Waals surface area contributed by atoms with Gasteiger partial charge in [0.15, 0.2) is 0 Å². The van der Waals surface area contributed by atoms with Crippen molar-refractivity contribution in [3.63, 3.8) is 0 Å². The second-order valence-corrected chi connectivity index (χ2v) is 7.57. The third-order valence-electron chi connectivity index (χ3n) is 4.88. The first kappa shape index (κ1) is 17.9. The van der Waals surface area contributed by atoms with Crippen molar-refractivity contribution in [3.05, 3.63) is 64.1 Å². The van der Waals surface area contributed by atoms with E-state index in [0.29, 0.717) is 19.5 Å². The number of benzene rings is 2. The number of halogens is 2. The number of carbonyl (C=O) groups excluding carboxylic acids is 1. The lowest BCUT2D eigenvalue weighted by Crippen LogP contribution is -2.28. The van der Waals surface area contributed by atoms with E-state index in [1.54, 1.807) is 17.9 Å². The normalized spacial score (nSPS) is 16.7. The zero-order chi connectivity index (χ0) is 19.0.